The minimum Gasteiger partial charge on any atom is -0.458 e. The van der Waals surface area contributed by atoms with E-state index >= 15 is 0 Å². The summed E-state index contributed by atoms with van der Waals surface area (Å²) >= 11 is 0. The van der Waals surface area contributed by atoms with Gasteiger partial charge in [0.15, 0.2) is 0 Å². The molecule has 0 saturated heterocycles. The van der Waals surface area contributed by atoms with Crippen molar-refractivity contribution in [1.82, 2.24) is 0 Å². The zero-order valence-electron chi connectivity index (χ0n) is 17.8. The summed E-state index contributed by atoms with van der Waals surface area (Å²) in [6, 6.07) is 0. The van der Waals surface area contributed by atoms with Crippen molar-refractivity contribution in [2.24, 2.45) is 39.4 Å². The lowest BCUT2D eigenvalue weighted by molar-refractivity contribution is -0.143. The molecule has 6 aliphatic rings. The van der Waals surface area contributed by atoms with Gasteiger partial charge in [0.1, 0.15) is 6.61 Å². The van der Waals surface area contributed by atoms with E-state index in [1.807, 2.05) is 0 Å². The summed E-state index contributed by atoms with van der Waals surface area (Å²) in [5.74, 6) is 2.13. The van der Waals surface area contributed by atoms with Crippen LogP contribution in [-0.4, -0.2) is 23.8 Å². The van der Waals surface area contributed by atoms with Gasteiger partial charge < -0.3 is 9.84 Å². The molecule has 0 aromatic carbocycles. The van der Waals surface area contributed by atoms with Gasteiger partial charge in [0.25, 0.3) is 0 Å². The standard InChI is InChI=1S/C25H34O3/c1-22-9-7-14-12-24(14,3)17(22)8-10-23(2)18-6-5-15-16(13-28-21(15)27)25(18,4)20(26)11-19(22)23/h6,14,17,19-20,26H,5,7-13H2,1-4H3/t14-,17+,19+,20-,22-,23-,24+,25+/m0/s1. The molecule has 28 heavy (non-hydrogen) atoms. The zero-order valence-corrected chi connectivity index (χ0v) is 17.8. The number of hydrogen-bond acceptors (Lipinski definition) is 3. The summed E-state index contributed by atoms with van der Waals surface area (Å²) in [4.78, 5) is 12.2. The summed E-state index contributed by atoms with van der Waals surface area (Å²) in [5, 5.41) is 11.6. The maximum absolute atomic E-state index is 12.2. The van der Waals surface area contributed by atoms with Crippen LogP contribution in [-0.2, 0) is 9.53 Å². The molecule has 152 valence electrons. The van der Waals surface area contributed by atoms with E-state index in [2.05, 4.69) is 33.8 Å². The van der Waals surface area contributed by atoms with Gasteiger partial charge in [-0.1, -0.05) is 32.4 Å². The number of carbonyl (C=O) groups is 1. The molecule has 0 radical (unpaired) electrons. The number of rotatable bonds is 0. The van der Waals surface area contributed by atoms with Gasteiger partial charge in [-0.25, -0.2) is 4.79 Å². The van der Waals surface area contributed by atoms with Crippen molar-refractivity contribution < 1.29 is 14.6 Å². The van der Waals surface area contributed by atoms with E-state index in [4.69, 9.17) is 4.74 Å². The summed E-state index contributed by atoms with van der Waals surface area (Å²) in [7, 11) is 0. The highest BCUT2D eigenvalue weighted by atomic mass is 16.5. The monoisotopic (exact) mass is 382 g/mol. The van der Waals surface area contributed by atoms with E-state index in [-0.39, 0.29) is 11.4 Å². The molecule has 4 saturated carbocycles. The first-order valence-electron chi connectivity index (χ1n) is 11.4. The van der Waals surface area contributed by atoms with Crippen LogP contribution in [0.3, 0.4) is 0 Å². The first-order valence-corrected chi connectivity index (χ1v) is 11.4. The lowest BCUT2D eigenvalue weighted by Gasteiger charge is -2.66. The van der Waals surface area contributed by atoms with E-state index < -0.39 is 11.5 Å². The Morgan fingerprint density at radius 2 is 1.86 bits per heavy atom. The third-order valence-corrected chi connectivity index (χ3v) is 11.0. The van der Waals surface area contributed by atoms with Crippen LogP contribution in [0.15, 0.2) is 22.8 Å². The van der Waals surface area contributed by atoms with Crippen molar-refractivity contribution in [3.63, 3.8) is 0 Å². The first kappa shape index (κ1) is 17.7. The van der Waals surface area contributed by atoms with Gasteiger partial charge in [0, 0.05) is 11.0 Å². The number of carbonyl (C=O) groups excluding carboxylic acids is 1. The van der Waals surface area contributed by atoms with Gasteiger partial charge in [-0.2, -0.15) is 0 Å². The summed E-state index contributed by atoms with van der Waals surface area (Å²) < 4.78 is 5.41. The molecule has 0 unspecified atom stereocenters. The third kappa shape index (κ3) is 1.76. The van der Waals surface area contributed by atoms with Crippen molar-refractivity contribution in [2.45, 2.75) is 78.7 Å². The molecule has 0 aromatic rings. The molecular weight excluding hydrogens is 348 g/mol. The number of ether oxygens (including phenoxy) is 1. The molecule has 1 heterocycles. The predicted molar refractivity (Wildman–Crippen MR) is 107 cm³/mol. The second-order valence-corrected chi connectivity index (χ2v) is 11.8. The molecule has 6 rings (SSSR count). The quantitative estimate of drug-likeness (QED) is 0.483. The van der Waals surface area contributed by atoms with Gasteiger partial charge in [0.2, 0.25) is 0 Å². The Balaban J connectivity index is 1.46. The highest BCUT2D eigenvalue weighted by Crippen LogP contribution is 2.77. The fourth-order valence-corrected chi connectivity index (χ4v) is 9.37. The number of esters is 1. The van der Waals surface area contributed by atoms with Crippen LogP contribution in [0.5, 0.6) is 0 Å². The van der Waals surface area contributed by atoms with Gasteiger partial charge in [-0.3, -0.25) is 0 Å². The normalized spacial score (nSPS) is 56.6. The van der Waals surface area contributed by atoms with Crippen molar-refractivity contribution in [1.29, 1.82) is 0 Å². The van der Waals surface area contributed by atoms with Gasteiger partial charge >= 0.3 is 5.97 Å². The zero-order chi connectivity index (χ0) is 19.7. The molecule has 8 atom stereocenters. The van der Waals surface area contributed by atoms with E-state index in [0.29, 0.717) is 29.8 Å². The Bertz CT molecular complexity index is 854. The lowest BCUT2D eigenvalue weighted by atomic mass is 9.38. The molecule has 0 bridgehead atoms. The van der Waals surface area contributed by atoms with E-state index in [0.717, 1.165) is 29.4 Å². The topological polar surface area (TPSA) is 46.5 Å². The Hall–Kier alpha value is -1.09. The molecule has 0 amide bonds. The van der Waals surface area contributed by atoms with Gasteiger partial charge in [0.05, 0.1) is 6.10 Å². The Labute approximate surface area is 168 Å². The third-order valence-electron chi connectivity index (χ3n) is 11.0. The maximum atomic E-state index is 12.2. The maximum Gasteiger partial charge on any atom is 0.334 e. The van der Waals surface area contributed by atoms with Crippen LogP contribution in [0, 0.1) is 39.4 Å². The smallest absolute Gasteiger partial charge is 0.334 e. The molecule has 4 fully saturated rings. The molecule has 3 nitrogen and oxygen atoms in total. The van der Waals surface area contributed by atoms with E-state index in [1.54, 1.807) is 0 Å². The van der Waals surface area contributed by atoms with Crippen molar-refractivity contribution in [2.75, 3.05) is 6.61 Å². The summed E-state index contributed by atoms with van der Waals surface area (Å²) in [5.41, 5.74) is 3.90. The number of aliphatic hydroxyl groups is 1. The highest BCUT2D eigenvalue weighted by Gasteiger charge is 2.70. The molecule has 5 aliphatic carbocycles. The van der Waals surface area contributed by atoms with Gasteiger partial charge in [-0.05, 0) is 91.4 Å². The molecule has 0 spiro atoms. The van der Waals surface area contributed by atoms with Crippen LogP contribution in [0.2, 0.25) is 0 Å². The SMILES string of the molecule is C[C@]12C(=CCC3=C1COC3=O)[C@]1(C)CC[C@@H]3[C@](C)(CC[C@H]4C[C@]43C)[C@H]1C[C@@H]2O. The molecule has 1 aliphatic heterocycles. The van der Waals surface area contributed by atoms with Crippen LogP contribution < -0.4 is 0 Å². The van der Waals surface area contributed by atoms with Crippen LogP contribution >= 0.6 is 0 Å². The number of cyclic esters (lactones) is 1. The number of allylic oxidation sites excluding steroid dienone is 1. The van der Waals surface area contributed by atoms with Crippen LogP contribution in [0.25, 0.3) is 0 Å². The van der Waals surface area contributed by atoms with Crippen molar-refractivity contribution >= 4 is 5.97 Å². The molecular formula is C25H34O3. The average Bonchev–Trinajstić information content (AvgIpc) is 3.18. The lowest BCUT2D eigenvalue weighted by Crippen LogP contribution is -2.61. The van der Waals surface area contributed by atoms with Crippen LogP contribution in [0.1, 0.15) is 72.6 Å². The number of aliphatic hydroxyl groups excluding tert-OH is 1. The number of hydrogen-bond donors (Lipinski definition) is 1. The Morgan fingerprint density at radius 1 is 1.07 bits per heavy atom. The Kier molecular flexibility index (Phi) is 3.15. The highest BCUT2D eigenvalue weighted by molar-refractivity contribution is 5.93. The second kappa shape index (κ2) is 4.96. The molecule has 1 N–H and O–H groups in total. The fourth-order valence-electron chi connectivity index (χ4n) is 9.37. The minimum atomic E-state index is -0.422. The Morgan fingerprint density at radius 3 is 2.64 bits per heavy atom. The number of fused-ring (bicyclic) bond motifs is 8. The summed E-state index contributed by atoms with van der Waals surface area (Å²) in [6.07, 6.45) is 10.1. The molecule has 0 aromatic heterocycles. The van der Waals surface area contributed by atoms with E-state index in [9.17, 15) is 9.90 Å². The predicted octanol–water partition coefficient (Wildman–Crippen LogP) is 4.80. The van der Waals surface area contributed by atoms with E-state index in [1.165, 1.54) is 37.7 Å². The van der Waals surface area contributed by atoms with Crippen LogP contribution in [0.4, 0.5) is 0 Å². The fraction of sp³-hybridized carbons (Fsp3) is 0.800. The first-order chi connectivity index (χ1) is 13.2. The largest absolute Gasteiger partial charge is 0.458 e. The minimum absolute atomic E-state index is 0.126. The molecule has 3 heteroatoms. The van der Waals surface area contributed by atoms with Gasteiger partial charge in [-0.15, -0.1) is 0 Å². The average molecular weight is 383 g/mol. The second-order valence-electron chi connectivity index (χ2n) is 11.8. The van der Waals surface area contributed by atoms with Crippen molar-refractivity contribution in [3.05, 3.63) is 22.8 Å². The summed E-state index contributed by atoms with van der Waals surface area (Å²) in [6.45, 7) is 10.2. The van der Waals surface area contributed by atoms with Crippen molar-refractivity contribution in [3.8, 4) is 0 Å².